The molecule has 4 rings (SSSR count). The molecular weight excluding hydrogens is 424 g/mol. The number of carbonyl (C=O) groups is 2. The number of carbonyl (C=O) groups excluding carboxylic acids is 2. The van der Waals surface area contributed by atoms with Gasteiger partial charge in [0.1, 0.15) is 0 Å². The predicted molar refractivity (Wildman–Crippen MR) is 126 cm³/mol. The number of amides is 2. The zero-order chi connectivity index (χ0) is 22.7. The molecule has 0 atom stereocenters. The largest absolute Gasteiger partial charge is 0.322 e. The van der Waals surface area contributed by atoms with Crippen molar-refractivity contribution in [3.8, 4) is 0 Å². The van der Waals surface area contributed by atoms with E-state index in [0.717, 1.165) is 17.0 Å². The highest BCUT2D eigenvalue weighted by Crippen LogP contribution is 2.27. The molecule has 0 radical (unpaired) electrons. The van der Waals surface area contributed by atoms with E-state index in [4.69, 9.17) is 0 Å². The Balaban J connectivity index is 1.65. The molecule has 0 aliphatic heterocycles. The van der Waals surface area contributed by atoms with Crippen LogP contribution in [-0.4, -0.2) is 26.5 Å². The van der Waals surface area contributed by atoms with E-state index in [-0.39, 0.29) is 10.8 Å². The number of rotatable bonds is 5. The molecule has 0 aliphatic carbocycles. The van der Waals surface area contributed by atoms with Gasteiger partial charge in [0.15, 0.2) is 9.84 Å². The molecule has 32 heavy (non-hydrogen) atoms. The van der Waals surface area contributed by atoms with Crippen LogP contribution < -0.4 is 10.6 Å². The van der Waals surface area contributed by atoms with Gasteiger partial charge in [0.2, 0.25) is 0 Å². The highest BCUT2D eigenvalue weighted by molar-refractivity contribution is 7.90. The van der Waals surface area contributed by atoms with Crippen LogP contribution in [0.25, 0.3) is 10.8 Å². The maximum atomic E-state index is 12.8. The van der Waals surface area contributed by atoms with Crippen LogP contribution in [0.15, 0.2) is 95.9 Å². The fraction of sp³-hybridized carbons (Fsp3) is 0.0400. The third-order valence-corrected chi connectivity index (χ3v) is 6.08. The van der Waals surface area contributed by atoms with Crippen molar-refractivity contribution in [2.45, 2.75) is 4.90 Å². The Hall–Kier alpha value is -3.97. The lowest BCUT2D eigenvalue weighted by Gasteiger charge is -2.12. The summed E-state index contributed by atoms with van der Waals surface area (Å²) < 4.78 is 23.3. The summed E-state index contributed by atoms with van der Waals surface area (Å²) in [6, 6.07) is 25.6. The molecule has 0 unspecified atom stereocenters. The molecule has 0 aromatic heterocycles. The Morgan fingerprint density at radius 3 is 2.00 bits per heavy atom. The van der Waals surface area contributed by atoms with Crippen molar-refractivity contribution >= 4 is 43.8 Å². The lowest BCUT2D eigenvalue weighted by atomic mass is 10.0. The first-order chi connectivity index (χ1) is 15.3. The summed E-state index contributed by atoms with van der Waals surface area (Å²) in [4.78, 5) is 25.8. The molecule has 160 valence electrons. The Morgan fingerprint density at radius 1 is 0.688 bits per heavy atom. The minimum atomic E-state index is -3.35. The monoisotopic (exact) mass is 444 g/mol. The second kappa shape index (κ2) is 8.64. The van der Waals surface area contributed by atoms with Crippen LogP contribution in [0.5, 0.6) is 0 Å². The van der Waals surface area contributed by atoms with Crippen LogP contribution in [0.1, 0.15) is 20.7 Å². The minimum absolute atomic E-state index is 0.138. The Labute approximate surface area is 185 Å². The Bertz CT molecular complexity index is 1410. The number of fused-ring (bicyclic) bond motifs is 1. The average Bonchev–Trinajstić information content (AvgIpc) is 2.79. The van der Waals surface area contributed by atoms with E-state index in [1.165, 1.54) is 24.3 Å². The number of para-hydroxylation sites is 1. The SMILES string of the molecule is CS(=O)(=O)c1ccc(C(=O)Nc2cc(C(=O)Nc3ccccc3)cc3ccccc23)cc1. The zero-order valence-electron chi connectivity index (χ0n) is 17.2. The molecule has 7 heteroatoms. The van der Waals surface area contributed by atoms with Crippen LogP contribution in [0.4, 0.5) is 11.4 Å². The van der Waals surface area contributed by atoms with Crippen LogP contribution >= 0.6 is 0 Å². The topological polar surface area (TPSA) is 92.3 Å². The van der Waals surface area contributed by atoms with Gasteiger partial charge in [-0.2, -0.15) is 0 Å². The van der Waals surface area contributed by atoms with Gasteiger partial charge in [-0.15, -0.1) is 0 Å². The van der Waals surface area contributed by atoms with E-state index >= 15 is 0 Å². The van der Waals surface area contributed by atoms with E-state index < -0.39 is 15.7 Å². The first-order valence-corrected chi connectivity index (χ1v) is 11.7. The summed E-state index contributed by atoms with van der Waals surface area (Å²) in [5, 5.41) is 7.28. The van der Waals surface area contributed by atoms with E-state index in [1.54, 1.807) is 24.3 Å². The van der Waals surface area contributed by atoms with Crippen molar-refractivity contribution < 1.29 is 18.0 Å². The van der Waals surface area contributed by atoms with Crippen LogP contribution in [0.3, 0.4) is 0 Å². The molecular formula is C25H20N2O4S. The van der Waals surface area contributed by atoms with Crippen molar-refractivity contribution in [1.82, 2.24) is 0 Å². The van der Waals surface area contributed by atoms with Gasteiger partial charge in [-0.3, -0.25) is 9.59 Å². The molecule has 0 heterocycles. The van der Waals surface area contributed by atoms with Crippen molar-refractivity contribution in [1.29, 1.82) is 0 Å². The molecule has 2 amide bonds. The smallest absolute Gasteiger partial charge is 0.255 e. The average molecular weight is 445 g/mol. The predicted octanol–water partition coefficient (Wildman–Crippen LogP) is 4.75. The van der Waals surface area contributed by atoms with Crippen LogP contribution in [0, 0.1) is 0 Å². The lowest BCUT2D eigenvalue weighted by Crippen LogP contribution is -2.15. The second-order valence-corrected chi connectivity index (χ2v) is 9.33. The van der Waals surface area contributed by atoms with Crippen molar-refractivity contribution in [2.75, 3.05) is 16.9 Å². The summed E-state index contributed by atoms with van der Waals surface area (Å²) in [6.45, 7) is 0. The van der Waals surface area contributed by atoms with Gasteiger partial charge in [-0.05, 0) is 53.9 Å². The zero-order valence-corrected chi connectivity index (χ0v) is 18.0. The Kier molecular flexibility index (Phi) is 5.75. The first-order valence-electron chi connectivity index (χ1n) is 9.82. The van der Waals surface area contributed by atoms with E-state index in [0.29, 0.717) is 22.5 Å². The first kappa shape index (κ1) is 21.3. The number of nitrogens with one attached hydrogen (secondary N) is 2. The molecule has 4 aromatic carbocycles. The number of hydrogen-bond donors (Lipinski definition) is 2. The summed E-state index contributed by atoms with van der Waals surface area (Å²) in [6.07, 6.45) is 1.11. The molecule has 2 N–H and O–H groups in total. The summed E-state index contributed by atoms with van der Waals surface area (Å²) >= 11 is 0. The van der Waals surface area contributed by atoms with Gasteiger partial charge in [-0.25, -0.2) is 8.42 Å². The molecule has 0 saturated carbocycles. The number of benzene rings is 4. The molecule has 0 bridgehead atoms. The number of sulfone groups is 1. The van der Waals surface area contributed by atoms with E-state index in [1.807, 2.05) is 42.5 Å². The molecule has 0 aliphatic rings. The van der Waals surface area contributed by atoms with Gasteiger partial charge < -0.3 is 10.6 Å². The standard InChI is InChI=1S/C25H20N2O4S/c1-32(30,31)21-13-11-17(12-14-21)24(28)27-23-16-19(15-18-7-5-6-10-22(18)23)25(29)26-20-8-3-2-4-9-20/h2-16H,1H3,(H,26,29)(H,27,28). The summed E-state index contributed by atoms with van der Waals surface area (Å²) in [5.74, 6) is -0.703. The quantitative estimate of drug-likeness (QED) is 0.465. The fourth-order valence-electron chi connectivity index (χ4n) is 3.32. The van der Waals surface area contributed by atoms with Gasteiger partial charge in [0.25, 0.3) is 11.8 Å². The molecule has 6 nitrogen and oxygen atoms in total. The minimum Gasteiger partial charge on any atom is -0.322 e. The van der Waals surface area contributed by atoms with E-state index in [9.17, 15) is 18.0 Å². The highest BCUT2D eigenvalue weighted by Gasteiger charge is 2.14. The maximum Gasteiger partial charge on any atom is 0.255 e. The van der Waals surface area contributed by atoms with Gasteiger partial charge in [-0.1, -0.05) is 42.5 Å². The third kappa shape index (κ3) is 4.68. The van der Waals surface area contributed by atoms with Crippen LogP contribution in [0.2, 0.25) is 0 Å². The van der Waals surface area contributed by atoms with Crippen molar-refractivity contribution in [2.24, 2.45) is 0 Å². The van der Waals surface area contributed by atoms with Gasteiger partial charge in [0, 0.05) is 34.1 Å². The normalized spacial score (nSPS) is 11.2. The molecule has 4 aromatic rings. The van der Waals surface area contributed by atoms with Crippen LogP contribution in [-0.2, 0) is 9.84 Å². The Morgan fingerprint density at radius 2 is 1.31 bits per heavy atom. The van der Waals surface area contributed by atoms with E-state index in [2.05, 4.69) is 10.6 Å². The van der Waals surface area contributed by atoms with Gasteiger partial charge >= 0.3 is 0 Å². The molecule has 0 fully saturated rings. The third-order valence-electron chi connectivity index (χ3n) is 4.95. The highest BCUT2D eigenvalue weighted by atomic mass is 32.2. The fourth-order valence-corrected chi connectivity index (χ4v) is 3.95. The number of hydrogen-bond acceptors (Lipinski definition) is 4. The second-order valence-electron chi connectivity index (χ2n) is 7.32. The summed E-state index contributed by atoms with van der Waals surface area (Å²) in [5.41, 5.74) is 1.86. The lowest BCUT2D eigenvalue weighted by molar-refractivity contribution is 0.101. The maximum absolute atomic E-state index is 12.8. The summed E-state index contributed by atoms with van der Waals surface area (Å²) in [7, 11) is -3.35. The molecule has 0 saturated heterocycles. The van der Waals surface area contributed by atoms with Gasteiger partial charge in [0.05, 0.1) is 4.90 Å². The van der Waals surface area contributed by atoms with Crippen molar-refractivity contribution in [3.63, 3.8) is 0 Å². The van der Waals surface area contributed by atoms with Crippen molar-refractivity contribution in [3.05, 3.63) is 102 Å². The molecule has 0 spiro atoms. The number of anilines is 2.